The molecule has 3 nitrogen and oxygen atoms in total. The zero-order valence-electron chi connectivity index (χ0n) is 12.0. The molecule has 20 heavy (non-hydrogen) atoms. The Bertz CT molecular complexity index is 540. The van der Waals surface area contributed by atoms with Crippen molar-refractivity contribution in [2.24, 2.45) is 0 Å². The maximum Gasteiger partial charge on any atom is 0.272 e. The lowest BCUT2D eigenvalue weighted by Gasteiger charge is -2.25. The highest BCUT2D eigenvalue weighted by atomic mass is 32.2. The third-order valence-corrected chi connectivity index (χ3v) is 4.88. The molecule has 0 fully saturated rings. The van der Waals surface area contributed by atoms with Gasteiger partial charge in [0.1, 0.15) is 11.8 Å². The minimum Gasteiger partial charge on any atom is -0.496 e. The Labute approximate surface area is 120 Å². The van der Waals surface area contributed by atoms with E-state index in [4.69, 9.17) is 4.74 Å². The molecule has 0 heterocycles. The molecule has 1 aromatic carbocycles. The molecule has 0 saturated heterocycles. The van der Waals surface area contributed by atoms with Gasteiger partial charge in [0, 0.05) is 12.0 Å². The van der Waals surface area contributed by atoms with E-state index in [1.54, 1.807) is 39.0 Å². The molecule has 1 aromatic rings. The molecule has 112 valence electrons. The van der Waals surface area contributed by atoms with Gasteiger partial charge >= 0.3 is 0 Å². The lowest BCUT2D eigenvalue weighted by atomic mass is 10.1. The average Bonchev–Trinajstić information content (AvgIpc) is 2.59. The van der Waals surface area contributed by atoms with E-state index in [1.807, 2.05) is 0 Å². The number of halogens is 2. The second-order valence-electron chi connectivity index (χ2n) is 5.90. The Hall–Kier alpha value is -1.01. The van der Waals surface area contributed by atoms with Crippen LogP contribution < -0.4 is 9.46 Å². The van der Waals surface area contributed by atoms with Gasteiger partial charge in [-0.25, -0.2) is 17.7 Å². The third-order valence-electron chi connectivity index (χ3n) is 3.32. The second kappa shape index (κ2) is 5.07. The molecule has 2 rings (SSSR count). The maximum absolute atomic E-state index is 14.2. The van der Waals surface area contributed by atoms with Gasteiger partial charge in [0.15, 0.2) is 0 Å². The maximum atomic E-state index is 14.2. The van der Waals surface area contributed by atoms with Gasteiger partial charge in [0.2, 0.25) is 0 Å². The number of hydrogen-bond donors (Lipinski definition) is 1. The van der Waals surface area contributed by atoms with Crippen molar-refractivity contribution in [1.29, 1.82) is 0 Å². The number of alkyl halides is 2. The largest absolute Gasteiger partial charge is 0.496 e. The first kappa shape index (κ1) is 15.4. The molecule has 6 heteroatoms. The smallest absolute Gasteiger partial charge is 0.272 e. The molecule has 0 unspecified atom stereocenters. The van der Waals surface area contributed by atoms with Gasteiger partial charge in [-0.3, -0.25) is 0 Å². The number of methoxy groups -OCH3 is 1. The van der Waals surface area contributed by atoms with E-state index in [0.717, 1.165) is 0 Å². The van der Waals surface area contributed by atoms with Crippen LogP contribution >= 0.6 is 0 Å². The Morgan fingerprint density at radius 1 is 1.40 bits per heavy atom. The summed E-state index contributed by atoms with van der Waals surface area (Å²) in [6, 6.07) is 3.73. The molecule has 1 aliphatic rings. The summed E-state index contributed by atoms with van der Waals surface area (Å²) >= 11 is 0. The standard InChI is InChI=1S/C14H19F2NO2S/c1-13(2,3)20(18)17-12-9-6-5-7-11(19-4)10(9)8-14(12,15)16/h5-7,12,17H,8H2,1-4H3/t12-,20-/m1/s1. The van der Waals surface area contributed by atoms with Crippen molar-refractivity contribution in [3.8, 4) is 5.75 Å². The summed E-state index contributed by atoms with van der Waals surface area (Å²) in [6.07, 6.45) is -0.397. The van der Waals surface area contributed by atoms with Crippen molar-refractivity contribution >= 4 is 11.0 Å². The molecule has 0 bridgehead atoms. The summed E-state index contributed by atoms with van der Waals surface area (Å²) in [7, 11) is -0.100. The molecule has 2 atom stereocenters. The van der Waals surface area contributed by atoms with Gasteiger partial charge in [-0.05, 0) is 32.4 Å². The van der Waals surface area contributed by atoms with E-state index in [0.29, 0.717) is 16.9 Å². The molecule has 0 saturated carbocycles. The molecule has 0 aliphatic heterocycles. The van der Waals surface area contributed by atoms with Crippen molar-refractivity contribution in [2.75, 3.05) is 7.11 Å². The van der Waals surface area contributed by atoms with E-state index in [9.17, 15) is 13.0 Å². The molecular formula is C14H19F2NO2S. The Morgan fingerprint density at radius 3 is 2.60 bits per heavy atom. The lowest BCUT2D eigenvalue weighted by Crippen LogP contribution is -2.41. The van der Waals surface area contributed by atoms with E-state index in [1.165, 1.54) is 7.11 Å². The van der Waals surface area contributed by atoms with Gasteiger partial charge in [-0.2, -0.15) is 0 Å². The first-order valence-corrected chi connectivity index (χ1v) is 7.53. The molecule has 1 aliphatic carbocycles. The minimum atomic E-state index is -2.97. The van der Waals surface area contributed by atoms with Crippen LogP contribution in [0.2, 0.25) is 0 Å². The summed E-state index contributed by atoms with van der Waals surface area (Å²) in [5.74, 6) is -2.52. The Balaban J connectivity index is 2.38. The first-order chi connectivity index (χ1) is 9.16. The first-order valence-electron chi connectivity index (χ1n) is 6.38. The second-order valence-corrected chi connectivity index (χ2v) is 7.90. The number of hydrogen-bond acceptors (Lipinski definition) is 2. The van der Waals surface area contributed by atoms with Crippen molar-refractivity contribution in [2.45, 2.75) is 43.9 Å². The number of nitrogens with one attached hydrogen (secondary N) is 1. The molecule has 0 aromatic heterocycles. The molecular weight excluding hydrogens is 284 g/mol. The highest BCUT2D eigenvalue weighted by molar-refractivity contribution is 7.84. The predicted octanol–water partition coefficient (Wildman–Crippen LogP) is 2.98. The number of fused-ring (bicyclic) bond motifs is 1. The molecule has 0 amide bonds. The van der Waals surface area contributed by atoms with Crippen LogP contribution in [0.3, 0.4) is 0 Å². The third kappa shape index (κ3) is 2.72. The summed E-state index contributed by atoms with van der Waals surface area (Å²) in [5.41, 5.74) is 0.954. The fourth-order valence-corrected chi connectivity index (χ4v) is 3.10. The molecule has 0 radical (unpaired) electrons. The van der Waals surface area contributed by atoms with Crippen LogP contribution in [0.15, 0.2) is 18.2 Å². The zero-order valence-corrected chi connectivity index (χ0v) is 12.8. The number of ether oxygens (including phenoxy) is 1. The van der Waals surface area contributed by atoms with Crippen LogP contribution in [0.25, 0.3) is 0 Å². The van der Waals surface area contributed by atoms with Crippen molar-refractivity contribution in [1.82, 2.24) is 4.72 Å². The van der Waals surface area contributed by atoms with Crippen LogP contribution in [0.4, 0.5) is 8.78 Å². The Kier molecular flexibility index (Phi) is 3.90. The van der Waals surface area contributed by atoms with E-state index in [-0.39, 0.29) is 0 Å². The van der Waals surface area contributed by atoms with Crippen LogP contribution in [0.5, 0.6) is 5.75 Å². The normalized spacial score (nSPS) is 22.4. The van der Waals surface area contributed by atoms with Crippen LogP contribution in [0.1, 0.15) is 37.9 Å². The summed E-state index contributed by atoms with van der Waals surface area (Å²) in [4.78, 5) is 0. The highest BCUT2D eigenvalue weighted by Gasteiger charge is 2.50. The highest BCUT2D eigenvalue weighted by Crippen LogP contribution is 2.46. The quantitative estimate of drug-likeness (QED) is 0.932. The monoisotopic (exact) mass is 303 g/mol. The fourth-order valence-electron chi connectivity index (χ4n) is 2.23. The van der Waals surface area contributed by atoms with Gasteiger partial charge in [-0.1, -0.05) is 12.1 Å². The van der Waals surface area contributed by atoms with Crippen molar-refractivity contribution in [3.05, 3.63) is 29.3 Å². The summed E-state index contributed by atoms with van der Waals surface area (Å²) < 4.78 is 47.7. The van der Waals surface area contributed by atoms with E-state index in [2.05, 4.69) is 4.72 Å². The van der Waals surface area contributed by atoms with Crippen LogP contribution in [0, 0.1) is 0 Å². The average molecular weight is 303 g/mol. The van der Waals surface area contributed by atoms with E-state index < -0.39 is 34.1 Å². The van der Waals surface area contributed by atoms with Crippen LogP contribution in [-0.2, 0) is 17.4 Å². The Morgan fingerprint density at radius 2 is 2.05 bits per heavy atom. The van der Waals surface area contributed by atoms with Gasteiger partial charge in [0.25, 0.3) is 5.92 Å². The topological polar surface area (TPSA) is 38.3 Å². The zero-order chi connectivity index (χ0) is 15.1. The molecule has 1 N–H and O–H groups in total. The number of rotatable bonds is 3. The van der Waals surface area contributed by atoms with Gasteiger partial charge < -0.3 is 4.74 Å². The predicted molar refractivity (Wildman–Crippen MR) is 75.4 cm³/mol. The van der Waals surface area contributed by atoms with Crippen molar-refractivity contribution in [3.63, 3.8) is 0 Å². The van der Waals surface area contributed by atoms with Crippen LogP contribution in [-0.4, -0.2) is 22.0 Å². The van der Waals surface area contributed by atoms with Gasteiger partial charge in [-0.15, -0.1) is 0 Å². The number of benzene rings is 1. The lowest BCUT2D eigenvalue weighted by molar-refractivity contribution is -0.0186. The van der Waals surface area contributed by atoms with Gasteiger partial charge in [0.05, 0.1) is 22.8 Å². The molecule has 0 spiro atoms. The SMILES string of the molecule is COc1cccc2c1CC(F)(F)[C@@H]2N[S@](=O)C(C)(C)C. The summed E-state index contributed by atoms with van der Waals surface area (Å²) in [5, 5.41) is 0. The minimum absolute atomic E-state index is 0.397. The van der Waals surface area contributed by atoms with Crippen molar-refractivity contribution < 1.29 is 17.7 Å². The fraction of sp³-hybridized carbons (Fsp3) is 0.571. The van der Waals surface area contributed by atoms with E-state index >= 15 is 0 Å². The summed E-state index contributed by atoms with van der Waals surface area (Å²) in [6.45, 7) is 5.24.